The maximum atomic E-state index is 2.48. The Labute approximate surface area is 133 Å². The third-order valence-corrected chi connectivity index (χ3v) is 5.28. The summed E-state index contributed by atoms with van der Waals surface area (Å²) in [5, 5.41) is 3.15. The maximum Gasteiger partial charge on any atom is -0.00819 e. The lowest BCUT2D eigenvalue weighted by molar-refractivity contribution is 0.750. The summed E-state index contributed by atoms with van der Waals surface area (Å²) in [7, 11) is 0. The molecule has 4 rings (SSSR count). The number of benzene rings is 2. The molecule has 0 saturated carbocycles. The highest BCUT2D eigenvalue weighted by atomic mass is 14.2. The van der Waals surface area contributed by atoms with Gasteiger partial charge in [-0.3, -0.25) is 0 Å². The maximum absolute atomic E-state index is 2.48. The first-order valence-corrected chi connectivity index (χ1v) is 8.81. The summed E-state index contributed by atoms with van der Waals surface area (Å²) in [6.07, 6.45) is 11.4. The number of unbranched alkanes of at least 4 members (excludes halogenated alkanes) is 1. The first-order chi connectivity index (χ1) is 10.9. The van der Waals surface area contributed by atoms with E-state index in [1.807, 2.05) is 0 Å². The molecular weight excluding hydrogens is 264 g/mol. The molecule has 2 aliphatic carbocycles. The van der Waals surface area contributed by atoms with E-state index < -0.39 is 0 Å². The average Bonchev–Trinajstić information content (AvgIpc) is 2.59. The molecule has 0 aromatic heterocycles. The summed E-state index contributed by atoms with van der Waals surface area (Å²) in [6, 6.07) is 13.7. The summed E-state index contributed by atoms with van der Waals surface area (Å²) >= 11 is 0. The van der Waals surface area contributed by atoms with E-state index in [2.05, 4.69) is 49.4 Å². The van der Waals surface area contributed by atoms with Crippen LogP contribution in [0.4, 0.5) is 0 Å². The monoisotopic (exact) mass is 288 g/mol. The van der Waals surface area contributed by atoms with Gasteiger partial charge in [0, 0.05) is 0 Å². The molecule has 2 aromatic carbocycles. The van der Waals surface area contributed by atoms with Crippen LogP contribution in [0.5, 0.6) is 0 Å². The van der Waals surface area contributed by atoms with Crippen molar-refractivity contribution in [3.63, 3.8) is 0 Å². The van der Waals surface area contributed by atoms with Crippen LogP contribution in [0.2, 0.25) is 0 Å². The predicted molar refractivity (Wildman–Crippen MR) is 95.2 cm³/mol. The molecular formula is C22H24. The summed E-state index contributed by atoms with van der Waals surface area (Å²) in [5.74, 6) is 0. The summed E-state index contributed by atoms with van der Waals surface area (Å²) < 4.78 is 0. The van der Waals surface area contributed by atoms with Crippen LogP contribution < -0.4 is 10.4 Å². The van der Waals surface area contributed by atoms with Crippen LogP contribution in [0, 0.1) is 0 Å². The van der Waals surface area contributed by atoms with E-state index in [1.165, 1.54) is 60.4 Å². The summed E-state index contributed by atoms with van der Waals surface area (Å²) in [5.41, 5.74) is 7.68. The molecule has 0 spiro atoms. The van der Waals surface area contributed by atoms with Crippen LogP contribution >= 0.6 is 0 Å². The lowest BCUT2D eigenvalue weighted by Crippen LogP contribution is -2.36. The smallest absolute Gasteiger partial charge is 0.00819 e. The van der Waals surface area contributed by atoms with Gasteiger partial charge in [-0.25, -0.2) is 0 Å². The molecule has 0 fully saturated rings. The molecule has 0 N–H and O–H groups in total. The number of hydrogen-bond donors (Lipinski definition) is 0. The van der Waals surface area contributed by atoms with Crippen LogP contribution in [0.25, 0.3) is 22.8 Å². The number of fused-ring (bicyclic) bond motifs is 5. The first kappa shape index (κ1) is 13.8. The van der Waals surface area contributed by atoms with Gasteiger partial charge in [0.25, 0.3) is 0 Å². The second kappa shape index (κ2) is 5.76. The van der Waals surface area contributed by atoms with Gasteiger partial charge in [-0.15, -0.1) is 0 Å². The summed E-state index contributed by atoms with van der Waals surface area (Å²) in [6.45, 7) is 2.30. The Morgan fingerprint density at radius 2 is 1.82 bits per heavy atom. The molecule has 0 saturated heterocycles. The zero-order valence-corrected chi connectivity index (χ0v) is 13.5. The van der Waals surface area contributed by atoms with Gasteiger partial charge in [-0.2, -0.15) is 0 Å². The minimum atomic E-state index is 1.08. The molecule has 22 heavy (non-hydrogen) atoms. The van der Waals surface area contributed by atoms with Crippen molar-refractivity contribution in [2.24, 2.45) is 0 Å². The molecule has 0 aliphatic heterocycles. The molecule has 0 unspecified atom stereocenters. The van der Waals surface area contributed by atoms with Gasteiger partial charge < -0.3 is 0 Å². The molecule has 2 aliphatic rings. The van der Waals surface area contributed by atoms with Gasteiger partial charge >= 0.3 is 0 Å². The first-order valence-electron chi connectivity index (χ1n) is 8.81. The van der Waals surface area contributed by atoms with Crippen LogP contribution in [0.3, 0.4) is 0 Å². The summed E-state index contributed by atoms with van der Waals surface area (Å²) in [4.78, 5) is 0. The molecule has 0 radical (unpaired) electrons. The third kappa shape index (κ3) is 2.22. The Morgan fingerprint density at radius 3 is 2.73 bits per heavy atom. The van der Waals surface area contributed by atoms with Gasteiger partial charge in [0.05, 0.1) is 0 Å². The molecule has 0 atom stereocenters. The van der Waals surface area contributed by atoms with E-state index in [-0.39, 0.29) is 0 Å². The Kier molecular flexibility index (Phi) is 3.62. The zero-order valence-electron chi connectivity index (χ0n) is 13.5. The van der Waals surface area contributed by atoms with Crippen molar-refractivity contribution in [2.45, 2.75) is 51.9 Å². The van der Waals surface area contributed by atoms with Gasteiger partial charge in [-0.05, 0) is 71.2 Å². The Bertz CT molecular complexity index is 824. The predicted octanol–water partition coefficient (Wildman–Crippen LogP) is 4.37. The topological polar surface area (TPSA) is 0 Å². The van der Waals surface area contributed by atoms with E-state index in [4.69, 9.17) is 0 Å². The molecule has 0 amide bonds. The van der Waals surface area contributed by atoms with E-state index in [9.17, 15) is 0 Å². The van der Waals surface area contributed by atoms with Gasteiger partial charge in [-0.1, -0.05) is 61.4 Å². The van der Waals surface area contributed by atoms with Gasteiger partial charge in [0.2, 0.25) is 0 Å². The number of rotatable bonds is 3. The molecule has 0 bridgehead atoms. The van der Waals surface area contributed by atoms with E-state index in [1.54, 1.807) is 16.4 Å². The standard InChI is InChI=1S/C22H24/c1-2-3-7-17-9-6-10-18-13-14-20-19-11-5-4-8-16(19)12-15-21(20)22(17)18/h4-5,8,11,13-15H,2-3,6-7,9-10,12H2,1H3. The highest BCUT2D eigenvalue weighted by Crippen LogP contribution is 2.26. The van der Waals surface area contributed by atoms with Crippen molar-refractivity contribution in [1.82, 2.24) is 0 Å². The van der Waals surface area contributed by atoms with Crippen molar-refractivity contribution in [1.29, 1.82) is 0 Å². The Morgan fingerprint density at radius 1 is 0.909 bits per heavy atom. The lowest BCUT2D eigenvalue weighted by Gasteiger charge is -2.21. The van der Waals surface area contributed by atoms with E-state index in [0.717, 1.165) is 6.42 Å². The highest BCUT2D eigenvalue weighted by molar-refractivity contribution is 5.74. The quantitative estimate of drug-likeness (QED) is 0.787. The van der Waals surface area contributed by atoms with Crippen LogP contribution in [0.1, 0.15) is 50.2 Å². The molecule has 2 aromatic rings. The highest BCUT2D eigenvalue weighted by Gasteiger charge is 2.16. The van der Waals surface area contributed by atoms with Crippen molar-refractivity contribution in [2.75, 3.05) is 0 Å². The Hall–Kier alpha value is -1.82. The second-order valence-electron chi connectivity index (χ2n) is 6.69. The fraction of sp³-hybridized carbons (Fsp3) is 0.364. The number of aryl methyl sites for hydroxylation is 1. The largest absolute Gasteiger partial charge is 0.0716 e. The van der Waals surface area contributed by atoms with Gasteiger partial charge in [0.15, 0.2) is 0 Å². The van der Waals surface area contributed by atoms with Crippen LogP contribution in [0.15, 0.2) is 36.4 Å². The van der Waals surface area contributed by atoms with Crippen molar-refractivity contribution in [3.8, 4) is 11.1 Å². The van der Waals surface area contributed by atoms with Crippen LogP contribution in [-0.2, 0) is 12.8 Å². The zero-order chi connectivity index (χ0) is 14.9. The minimum absolute atomic E-state index is 1.08. The third-order valence-electron chi connectivity index (χ3n) is 5.28. The molecule has 0 heterocycles. The van der Waals surface area contributed by atoms with Crippen molar-refractivity contribution in [3.05, 3.63) is 58.0 Å². The SMILES string of the molecule is CCCCC1=c2c(ccc3c2=CCc2ccccc2-3)CCC1. The van der Waals surface area contributed by atoms with Gasteiger partial charge in [0.1, 0.15) is 0 Å². The van der Waals surface area contributed by atoms with Crippen molar-refractivity contribution < 1.29 is 0 Å². The van der Waals surface area contributed by atoms with Crippen molar-refractivity contribution >= 4 is 11.6 Å². The second-order valence-corrected chi connectivity index (χ2v) is 6.69. The lowest BCUT2D eigenvalue weighted by atomic mass is 9.83. The van der Waals surface area contributed by atoms with E-state index in [0.29, 0.717) is 0 Å². The molecule has 0 heteroatoms. The van der Waals surface area contributed by atoms with Crippen LogP contribution in [-0.4, -0.2) is 0 Å². The minimum Gasteiger partial charge on any atom is -0.0716 e. The Balaban J connectivity index is 1.99. The average molecular weight is 288 g/mol. The van der Waals surface area contributed by atoms with E-state index >= 15 is 0 Å². The number of hydrogen-bond acceptors (Lipinski definition) is 0. The molecule has 112 valence electrons. The fourth-order valence-corrected chi connectivity index (χ4v) is 4.17. The molecule has 0 nitrogen and oxygen atoms in total. The fourth-order valence-electron chi connectivity index (χ4n) is 4.17. The normalized spacial score (nSPS) is 15.6.